The number of rotatable bonds is 3. The Morgan fingerprint density at radius 1 is 0.800 bits per heavy atom. The van der Waals surface area contributed by atoms with E-state index in [1.165, 1.54) is 0 Å². The largest absolute Gasteiger partial charge is 0.510 e. The molecule has 2 radical (unpaired) electrons. The molecule has 5 rings (SSSR count). The van der Waals surface area contributed by atoms with E-state index in [4.69, 9.17) is 0 Å². The topological polar surface area (TPSA) is 38.7 Å². The molecule has 2 aliphatic rings. The molecule has 0 bridgehead atoms. The van der Waals surface area contributed by atoms with Gasteiger partial charge in [0.05, 0.1) is 0 Å². The van der Waals surface area contributed by atoms with Crippen molar-refractivity contribution in [1.82, 2.24) is 14.9 Å². The summed E-state index contributed by atoms with van der Waals surface area (Å²) in [6.45, 7) is 2.01. The SMILES string of the molecule is CN1C=CN(c2[c-]cccc2)[CH-]1.[B]1N(c2ccccn2)C=CN1c1ccccn1.[Ir]. The van der Waals surface area contributed by atoms with Crippen LogP contribution < -0.4 is 14.5 Å². The fraction of sp³-hybridized carbons (Fsp3) is 0.0455. The van der Waals surface area contributed by atoms with Gasteiger partial charge in [0.2, 0.25) is 0 Å². The molecule has 0 saturated heterocycles. The molecule has 0 atom stereocenters. The van der Waals surface area contributed by atoms with Crippen molar-refractivity contribution in [3.05, 3.63) is 111 Å². The molecule has 8 heteroatoms. The van der Waals surface area contributed by atoms with Gasteiger partial charge in [-0.1, -0.05) is 12.1 Å². The maximum absolute atomic E-state index is 4.29. The number of para-hydroxylation sites is 1. The Morgan fingerprint density at radius 3 is 1.90 bits per heavy atom. The summed E-state index contributed by atoms with van der Waals surface area (Å²) in [6, 6.07) is 22.7. The molecule has 0 N–H and O–H groups in total. The number of hydrogen-bond acceptors (Lipinski definition) is 6. The maximum Gasteiger partial charge on any atom is 0.402 e. The molecular formula is C22H20BIrN6-2. The first-order valence-corrected chi connectivity index (χ1v) is 9.22. The monoisotopic (exact) mass is 572 g/mol. The predicted octanol–water partition coefficient (Wildman–Crippen LogP) is 3.64. The van der Waals surface area contributed by atoms with Crippen molar-refractivity contribution in [2.75, 3.05) is 21.6 Å². The first-order chi connectivity index (χ1) is 14.3. The van der Waals surface area contributed by atoms with Crippen LogP contribution in [0.15, 0.2) is 97.9 Å². The summed E-state index contributed by atoms with van der Waals surface area (Å²) >= 11 is 0. The van der Waals surface area contributed by atoms with Gasteiger partial charge in [-0.25, -0.2) is 9.97 Å². The number of hydrogen-bond donors (Lipinski definition) is 0. The van der Waals surface area contributed by atoms with E-state index in [2.05, 4.69) is 16.0 Å². The Balaban J connectivity index is 0.000000175. The predicted molar refractivity (Wildman–Crippen MR) is 117 cm³/mol. The second-order valence-corrected chi connectivity index (χ2v) is 6.34. The zero-order valence-electron chi connectivity index (χ0n) is 16.4. The molecule has 0 spiro atoms. The van der Waals surface area contributed by atoms with Crippen LogP contribution in [0.3, 0.4) is 0 Å². The number of pyridine rings is 2. The summed E-state index contributed by atoms with van der Waals surface area (Å²) in [5.41, 5.74) is 1.07. The maximum atomic E-state index is 4.29. The van der Waals surface area contributed by atoms with Crippen molar-refractivity contribution in [2.45, 2.75) is 0 Å². The zero-order chi connectivity index (χ0) is 19.9. The number of nitrogens with zero attached hydrogens (tertiary/aromatic N) is 6. The van der Waals surface area contributed by atoms with E-state index >= 15 is 0 Å². The third kappa shape index (κ3) is 5.50. The summed E-state index contributed by atoms with van der Waals surface area (Å²) in [5.74, 6) is 1.78. The van der Waals surface area contributed by atoms with E-state index in [-0.39, 0.29) is 20.1 Å². The Labute approximate surface area is 191 Å². The molecule has 4 heterocycles. The summed E-state index contributed by atoms with van der Waals surface area (Å²) in [4.78, 5) is 16.5. The Hall–Kier alpha value is -3.09. The standard InChI is InChI=1S/C12H10BN4.C10H10N2.Ir/c1-3-7-14-11(5-1)16-9-10-17(13-16)12-6-2-4-8-15-12;1-11-7-8-12(9-11)10-5-3-2-4-6-10;/h1-10H;2-5,7-9H,1H3;/q;-2;. The second-order valence-electron chi connectivity index (χ2n) is 6.34. The molecule has 0 unspecified atom stereocenters. The van der Waals surface area contributed by atoms with Crippen LogP contribution in [0.2, 0.25) is 0 Å². The molecule has 0 fully saturated rings. The van der Waals surface area contributed by atoms with E-state index in [1.54, 1.807) is 12.4 Å². The van der Waals surface area contributed by atoms with Crippen LogP contribution in [-0.2, 0) is 20.1 Å². The van der Waals surface area contributed by atoms with Crippen molar-refractivity contribution in [1.29, 1.82) is 0 Å². The average molecular weight is 571 g/mol. The third-order valence-electron chi connectivity index (χ3n) is 4.20. The van der Waals surface area contributed by atoms with E-state index in [0.717, 1.165) is 17.3 Å². The number of anilines is 3. The van der Waals surface area contributed by atoms with Gasteiger partial charge in [0.1, 0.15) is 11.6 Å². The smallest absolute Gasteiger partial charge is 0.402 e. The minimum atomic E-state index is 0. The van der Waals surface area contributed by atoms with Crippen LogP contribution in [0, 0.1) is 12.7 Å². The summed E-state index contributed by atoms with van der Waals surface area (Å²) in [6.07, 6.45) is 11.5. The molecule has 152 valence electrons. The molecule has 0 aliphatic carbocycles. The van der Waals surface area contributed by atoms with Gasteiger partial charge in [0.15, 0.2) is 0 Å². The normalized spacial score (nSPS) is 14.2. The van der Waals surface area contributed by atoms with Crippen molar-refractivity contribution in [3.8, 4) is 0 Å². The molecule has 1 aromatic carbocycles. The van der Waals surface area contributed by atoms with Crippen molar-refractivity contribution < 1.29 is 20.1 Å². The quantitative estimate of drug-likeness (QED) is 0.354. The average Bonchev–Trinajstić information content (AvgIpc) is 3.46. The van der Waals surface area contributed by atoms with Crippen molar-refractivity contribution in [2.24, 2.45) is 0 Å². The third-order valence-corrected chi connectivity index (χ3v) is 4.20. The molecule has 0 saturated carbocycles. The molecule has 30 heavy (non-hydrogen) atoms. The van der Waals surface area contributed by atoms with Crippen LogP contribution in [0.25, 0.3) is 0 Å². The van der Waals surface area contributed by atoms with E-state index < -0.39 is 0 Å². The van der Waals surface area contributed by atoms with Gasteiger partial charge in [-0.2, -0.15) is 37.0 Å². The van der Waals surface area contributed by atoms with Crippen LogP contribution in [0.1, 0.15) is 0 Å². The Bertz CT molecular complexity index is 908. The van der Waals surface area contributed by atoms with Crippen LogP contribution >= 0.6 is 0 Å². The van der Waals surface area contributed by atoms with Crippen LogP contribution in [0.5, 0.6) is 0 Å². The number of aromatic nitrogens is 2. The van der Waals surface area contributed by atoms with Gasteiger partial charge in [-0.15, -0.1) is 5.69 Å². The van der Waals surface area contributed by atoms with E-state index in [0.29, 0.717) is 0 Å². The molecule has 2 aromatic heterocycles. The first kappa shape index (κ1) is 21.6. The molecular weight excluding hydrogens is 551 g/mol. The zero-order valence-corrected chi connectivity index (χ0v) is 18.8. The van der Waals surface area contributed by atoms with Gasteiger partial charge in [0.25, 0.3) is 0 Å². The van der Waals surface area contributed by atoms with E-state index in [1.807, 2.05) is 126 Å². The van der Waals surface area contributed by atoms with Gasteiger partial charge >= 0.3 is 7.55 Å². The summed E-state index contributed by atoms with van der Waals surface area (Å²) in [5, 5.41) is 0. The van der Waals surface area contributed by atoms with Gasteiger partial charge < -0.3 is 19.4 Å². The Kier molecular flexibility index (Phi) is 7.65. The van der Waals surface area contributed by atoms with Crippen molar-refractivity contribution >= 4 is 24.9 Å². The fourth-order valence-electron chi connectivity index (χ4n) is 2.78. The minimum absolute atomic E-state index is 0. The second kappa shape index (κ2) is 10.6. The van der Waals surface area contributed by atoms with Crippen LogP contribution in [-0.4, -0.2) is 29.5 Å². The number of benzene rings is 1. The summed E-state index contributed by atoms with van der Waals surface area (Å²) in [7, 11) is 3.95. The van der Waals surface area contributed by atoms with Gasteiger partial charge in [-0.05, 0) is 43.7 Å². The van der Waals surface area contributed by atoms with Crippen LogP contribution in [0.4, 0.5) is 17.3 Å². The molecule has 6 nitrogen and oxygen atoms in total. The molecule has 0 amide bonds. The fourth-order valence-corrected chi connectivity index (χ4v) is 2.78. The minimum Gasteiger partial charge on any atom is -0.510 e. The van der Waals surface area contributed by atoms with E-state index in [9.17, 15) is 0 Å². The Morgan fingerprint density at radius 2 is 1.43 bits per heavy atom. The van der Waals surface area contributed by atoms with Gasteiger partial charge in [-0.3, -0.25) is 0 Å². The summed E-state index contributed by atoms with van der Waals surface area (Å²) < 4.78 is 0. The van der Waals surface area contributed by atoms with Gasteiger partial charge in [0, 0.05) is 44.9 Å². The molecule has 3 aromatic rings. The molecule has 2 aliphatic heterocycles. The first-order valence-electron chi connectivity index (χ1n) is 9.22. The van der Waals surface area contributed by atoms with Crippen molar-refractivity contribution in [3.63, 3.8) is 0 Å².